The van der Waals surface area contributed by atoms with Crippen LogP contribution in [0.15, 0.2) is 0 Å². The minimum absolute atomic E-state index is 0.226. The van der Waals surface area contributed by atoms with Crippen LogP contribution in [-0.2, 0) is 11.3 Å². The van der Waals surface area contributed by atoms with Crippen LogP contribution in [-0.4, -0.2) is 62.3 Å². The lowest BCUT2D eigenvalue weighted by molar-refractivity contribution is 0.0697. The predicted octanol–water partition coefficient (Wildman–Crippen LogP) is 1.38. The molecule has 1 rings (SSSR count). The van der Waals surface area contributed by atoms with E-state index in [1.165, 1.54) is 18.4 Å². The van der Waals surface area contributed by atoms with Gasteiger partial charge in [-0.05, 0) is 27.1 Å². The van der Waals surface area contributed by atoms with E-state index in [0.717, 1.165) is 24.6 Å². The van der Waals surface area contributed by atoms with Crippen LogP contribution in [0.4, 0.5) is 5.13 Å². The molecular formula is C12H21N3O3S. The smallest absolute Gasteiger partial charge is 0.347 e. The maximum absolute atomic E-state index is 11.1. The van der Waals surface area contributed by atoms with Crippen molar-refractivity contribution in [3.05, 3.63) is 10.6 Å². The van der Waals surface area contributed by atoms with Gasteiger partial charge in [-0.1, -0.05) is 11.3 Å². The fourth-order valence-corrected chi connectivity index (χ4v) is 2.52. The van der Waals surface area contributed by atoms with Crippen molar-refractivity contribution >= 4 is 22.4 Å². The summed E-state index contributed by atoms with van der Waals surface area (Å²) in [7, 11) is 7.52. The van der Waals surface area contributed by atoms with Crippen molar-refractivity contribution in [2.45, 2.75) is 13.0 Å². The predicted molar refractivity (Wildman–Crippen MR) is 76.2 cm³/mol. The summed E-state index contributed by atoms with van der Waals surface area (Å²) in [6.07, 6.45) is 1.01. The Balaban J connectivity index is 2.71. The van der Waals surface area contributed by atoms with Gasteiger partial charge in [0.25, 0.3) is 0 Å². The monoisotopic (exact) mass is 287 g/mol. The molecule has 0 saturated heterocycles. The number of thiazole rings is 1. The molecule has 0 saturated carbocycles. The van der Waals surface area contributed by atoms with Crippen molar-refractivity contribution < 1.29 is 14.6 Å². The summed E-state index contributed by atoms with van der Waals surface area (Å²) in [6, 6.07) is 0. The molecule has 0 amide bonds. The molecule has 1 N–H and O–H groups in total. The number of hydrogen-bond donors (Lipinski definition) is 1. The van der Waals surface area contributed by atoms with E-state index in [2.05, 4.69) is 9.88 Å². The van der Waals surface area contributed by atoms with Gasteiger partial charge < -0.3 is 19.6 Å². The van der Waals surface area contributed by atoms with E-state index in [1.807, 2.05) is 26.0 Å². The maximum atomic E-state index is 11.1. The highest BCUT2D eigenvalue weighted by atomic mass is 32.1. The van der Waals surface area contributed by atoms with Gasteiger partial charge in [-0.15, -0.1) is 0 Å². The second-order valence-corrected chi connectivity index (χ2v) is 5.57. The van der Waals surface area contributed by atoms with Crippen molar-refractivity contribution in [1.29, 1.82) is 0 Å². The van der Waals surface area contributed by atoms with Crippen molar-refractivity contribution in [3.63, 3.8) is 0 Å². The average Bonchev–Trinajstić information content (AvgIpc) is 2.73. The molecule has 0 aliphatic rings. The van der Waals surface area contributed by atoms with Crippen LogP contribution in [0.2, 0.25) is 0 Å². The Labute approximate surface area is 117 Å². The zero-order valence-corrected chi connectivity index (χ0v) is 12.7. The summed E-state index contributed by atoms with van der Waals surface area (Å²) < 4.78 is 4.98. The Morgan fingerprint density at radius 2 is 2.05 bits per heavy atom. The second kappa shape index (κ2) is 7.42. The van der Waals surface area contributed by atoms with Crippen LogP contribution in [0.3, 0.4) is 0 Å². The van der Waals surface area contributed by atoms with Crippen molar-refractivity contribution in [3.8, 4) is 0 Å². The van der Waals surface area contributed by atoms with Crippen LogP contribution in [0.1, 0.15) is 21.8 Å². The fraction of sp³-hybridized carbons (Fsp3) is 0.667. The number of anilines is 1. The first kappa shape index (κ1) is 15.9. The van der Waals surface area contributed by atoms with E-state index in [1.54, 1.807) is 0 Å². The first-order valence-electron chi connectivity index (χ1n) is 6.03. The van der Waals surface area contributed by atoms with E-state index >= 15 is 0 Å². The Morgan fingerprint density at radius 3 is 2.58 bits per heavy atom. The van der Waals surface area contributed by atoms with Crippen LogP contribution >= 0.6 is 11.3 Å². The van der Waals surface area contributed by atoms with Crippen LogP contribution in [0, 0.1) is 0 Å². The SMILES string of the molecule is COCc1nc(N(C)CCCN(C)C)sc1C(=O)O. The lowest BCUT2D eigenvalue weighted by Gasteiger charge is -2.17. The van der Waals surface area contributed by atoms with Crippen LogP contribution in [0.5, 0.6) is 0 Å². The van der Waals surface area contributed by atoms with Gasteiger partial charge in [0, 0.05) is 20.7 Å². The minimum Gasteiger partial charge on any atom is -0.477 e. The molecule has 19 heavy (non-hydrogen) atoms. The normalized spacial score (nSPS) is 11.0. The summed E-state index contributed by atoms with van der Waals surface area (Å²) in [5.41, 5.74) is 0.495. The molecule has 0 aliphatic carbocycles. The van der Waals surface area contributed by atoms with E-state index in [4.69, 9.17) is 9.84 Å². The van der Waals surface area contributed by atoms with Crippen molar-refractivity contribution in [2.75, 3.05) is 46.2 Å². The molecule has 6 nitrogen and oxygen atoms in total. The van der Waals surface area contributed by atoms with Gasteiger partial charge in [-0.3, -0.25) is 0 Å². The summed E-state index contributed by atoms with van der Waals surface area (Å²) >= 11 is 1.20. The largest absolute Gasteiger partial charge is 0.477 e. The number of nitrogens with zero attached hydrogens (tertiary/aromatic N) is 3. The number of rotatable bonds is 8. The molecule has 1 aromatic heterocycles. The van der Waals surface area contributed by atoms with Crippen molar-refractivity contribution in [1.82, 2.24) is 9.88 Å². The molecular weight excluding hydrogens is 266 g/mol. The summed E-state index contributed by atoms with van der Waals surface area (Å²) in [5, 5.41) is 9.85. The molecule has 0 aromatic carbocycles. The van der Waals surface area contributed by atoms with Gasteiger partial charge in [-0.2, -0.15) is 0 Å². The number of aromatic nitrogens is 1. The molecule has 1 heterocycles. The molecule has 108 valence electrons. The number of ether oxygens (including phenoxy) is 1. The number of aromatic carboxylic acids is 1. The highest BCUT2D eigenvalue weighted by Gasteiger charge is 2.18. The van der Waals surface area contributed by atoms with Gasteiger partial charge >= 0.3 is 5.97 Å². The molecule has 0 atom stereocenters. The topological polar surface area (TPSA) is 65.9 Å². The maximum Gasteiger partial charge on any atom is 0.347 e. The summed E-state index contributed by atoms with van der Waals surface area (Å²) in [4.78, 5) is 19.8. The van der Waals surface area contributed by atoms with Gasteiger partial charge in [-0.25, -0.2) is 9.78 Å². The van der Waals surface area contributed by atoms with Crippen LogP contribution in [0.25, 0.3) is 0 Å². The Bertz CT molecular complexity index is 420. The second-order valence-electron chi connectivity index (χ2n) is 4.59. The third-order valence-electron chi connectivity index (χ3n) is 2.59. The third-order valence-corrected chi connectivity index (χ3v) is 3.79. The minimum atomic E-state index is -0.947. The number of hydrogen-bond acceptors (Lipinski definition) is 6. The third kappa shape index (κ3) is 4.77. The Hall–Kier alpha value is -1.18. The first-order valence-corrected chi connectivity index (χ1v) is 6.85. The number of carboxylic acids is 1. The number of carbonyl (C=O) groups is 1. The van der Waals surface area contributed by atoms with Crippen LogP contribution < -0.4 is 4.90 Å². The number of carboxylic acid groups (broad SMARTS) is 1. The van der Waals surface area contributed by atoms with E-state index in [0.29, 0.717) is 5.69 Å². The lowest BCUT2D eigenvalue weighted by atomic mass is 10.4. The van der Waals surface area contributed by atoms with E-state index in [9.17, 15) is 4.79 Å². The standard InChI is InChI=1S/C12H21N3O3S/c1-14(2)6-5-7-15(3)12-13-9(8-18-4)10(19-12)11(16)17/h5-8H2,1-4H3,(H,16,17). The van der Waals surface area contributed by atoms with Gasteiger partial charge in [0.05, 0.1) is 12.3 Å². The molecule has 0 unspecified atom stereocenters. The zero-order valence-electron chi connectivity index (χ0n) is 11.8. The lowest BCUT2D eigenvalue weighted by Crippen LogP contribution is -2.23. The molecule has 0 aliphatic heterocycles. The number of methoxy groups -OCH3 is 1. The Kier molecular flexibility index (Phi) is 6.20. The molecule has 0 bridgehead atoms. The molecule has 7 heteroatoms. The van der Waals surface area contributed by atoms with Crippen molar-refractivity contribution in [2.24, 2.45) is 0 Å². The van der Waals surface area contributed by atoms with E-state index in [-0.39, 0.29) is 11.5 Å². The van der Waals surface area contributed by atoms with E-state index < -0.39 is 5.97 Å². The summed E-state index contributed by atoms with van der Waals surface area (Å²) in [6.45, 7) is 2.06. The highest BCUT2D eigenvalue weighted by molar-refractivity contribution is 7.17. The first-order chi connectivity index (χ1) is 8.95. The quantitative estimate of drug-likeness (QED) is 0.779. The van der Waals surface area contributed by atoms with Gasteiger partial charge in [0.2, 0.25) is 0 Å². The fourth-order valence-electron chi connectivity index (χ4n) is 1.62. The molecule has 0 radical (unpaired) electrons. The average molecular weight is 287 g/mol. The zero-order chi connectivity index (χ0) is 14.4. The highest BCUT2D eigenvalue weighted by Crippen LogP contribution is 2.26. The summed E-state index contributed by atoms with van der Waals surface area (Å²) in [5.74, 6) is -0.947. The molecule has 0 fully saturated rings. The van der Waals surface area contributed by atoms with Gasteiger partial charge in [0.1, 0.15) is 4.88 Å². The molecule has 0 spiro atoms. The van der Waals surface area contributed by atoms with Gasteiger partial charge in [0.15, 0.2) is 5.13 Å². The Morgan fingerprint density at radius 1 is 1.37 bits per heavy atom. The molecule has 1 aromatic rings.